The standard InChI is InChI=1S/C21H28N4O2S/c1-3-25-16(2)20(12-23-25)21(27)22-11-18-6-4-8-24(13-18)14-19-10-17(15-28-19)7-5-9-26/h10,12,15,18,26H,3-4,6,8-9,11,13-14H2,1-2H3,(H,22,27). The molecule has 3 rings (SSSR count). The predicted molar refractivity (Wildman–Crippen MR) is 111 cm³/mol. The van der Waals surface area contributed by atoms with E-state index in [1.807, 2.05) is 23.9 Å². The molecule has 0 bridgehead atoms. The van der Waals surface area contributed by atoms with E-state index in [0.717, 1.165) is 50.3 Å². The molecule has 7 heteroatoms. The maximum absolute atomic E-state index is 12.5. The Bertz CT molecular complexity index is 861. The normalized spacial score (nSPS) is 17.2. The number of thiophene rings is 1. The van der Waals surface area contributed by atoms with Gasteiger partial charge in [-0.15, -0.1) is 11.3 Å². The number of piperidine rings is 1. The SMILES string of the molecule is CCn1ncc(C(=O)NCC2CCCN(Cc3cc(C#CCO)cs3)C2)c1C. The van der Waals surface area contributed by atoms with Crippen molar-refractivity contribution in [1.29, 1.82) is 0 Å². The molecule has 1 aliphatic rings. The second kappa shape index (κ2) is 9.87. The third-order valence-electron chi connectivity index (χ3n) is 5.15. The zero-order chi connectivity index (χ0) is 19.9. The van der Waals surface area contributed by atoms with Crippen molar-refractivity contribution in [2.45, 2.75) is 39.8 Å². The van der Waals surface area contributed by atoms with Crippen LogP contribution in [0.1, 0.15) is 46.3 Å². The summed E-state index contributed by atoms with van der Waals surface area (Å²) in [5.74, 6) is 6.09. The molecule has 2 aromatic rings. The molecule has 150 valence electrons. The minimum absolute atomic E-state index is 0.0281. The predicted octanol–water partition coefficient (Wildman–Crippen LogP) is 2.26. The molecule has 0 aliphatic carbocycles. The molecule has 0 saturated carbocycles. The van der Waals surface area contributed by atoms with Crippen LogP contribution in [0, 0.1) is 24.7 Å². The number of aryl methyl sites for hydroxylation is 1. The molecule has 0 spiro atoms. The van der Waals surface area contributed by atoms with Gasteiger partial charge in [-0.05, 0) is 45.2 Å². The number of amides is 1. The molecule has 0 radical (unpaired) electrons. The monoisotopic (exact) mass is 400 g/mol. The first kappa shape index (κ1) is 20.6. The fraction of sp³-hybridized carbons (Fsp3) is 0.524. The van der Waals surface area contributed by atoms with E-state index in [9.17, 15) is 4.79 Å². The maximum Gasteiger partial charge on any atom is 0.254 e. The molecule has 2 N–H and O–H groups in total. The third-order valence-corrected chi connectivity index (χ3v) is 6.07. The highest BCUT2D eigenvalue weighted by atomic mass is 32.1. The molecule has 1 saturated heterocycles. The van der Waals surface area contributed by atoms with Gasteiger partial charge in [-0.2, -0.15) is 5.10 Å². The van der Waals surface area contributed by atoms with Crippen molar-refractivity contribution in [2.24, 2.45) is 5.92 Å². The van der Waals surface area contributed by atoms with Crippen LogP contribution >= 0.6 is 11.3 Å². The van der Waals surface area contributed by atoms with Crippen molar-refractivity contribution in [1.82, 2.24) is 20.0 Å². The van der Waals surface area contributed by atoms with Gasteiger partial charge in [-0.25, -0.2) is 0 Å². The van der Waals surface area contributed by atoms with Gasteiger partial charge in [0.05, 0.1) is 11.8 Å². The number of nitrogens with zero attached hydrogens (tertiary/aromatic N) is 3. The van der Waals surface area contributed by atoms with E-state index in [-0.39, 0.29) is 12.5 Å². The quantitative estimate of drug-likeness (QED) is 0.730. The lowest BCUT2D eigenvalue weighted by Gasteiger charge is -2.32. The molecule has 3 heterocycles. The minimum Gasteiger partial charge on any atom is -0.384 e. The summed E-state index contributed by atoms with van der Waals surface area (Å²) < 4.78 is 1.84. The van der Waals surface area contributed by atoms with Gasteiger partial charge in [0.2, 0.25) is 0 Å². The van der Waals surface area contributed by atoms with Crippen LogP contribution in [0.2, 0.25) is 0 Å². The lowest BCUT2D eigenvalue weighted by atomic mass is 9.98. The fourth-order valence-electron chi connectivity index (χ4n) is 3.67. The number of aliphatic hydroxyl groups is 1. The van der Waals surface area contributed by atoms with Crippen molar-refractivity contribution in [2.75, 3.05) is 26.2 Å². The largest absolute Gasteiger partial charge is 0.384 e. The molecule has 1 unspecified atom stereocenters. The Hall–Kier alpha value is -2.14. The highest BCUT2D eigenvalue weighted by Gasteiger charge is 2.22. The number of aromatic nitrogens is 2. The molecular formula is C21H28N4O2S. The Morgan fingerprint density at radius 2 is 2.36 bits per heavy atom. The highest BCUT2D eigenvalue weighted by molar-refractivity contribution is 7.10. The van der Waals surface area contributed by atoms with Crippen molar-refractivity contribution in [3.05, 3.63) is 39.3 Å². The summed E-state index contributed by atoms with van der Waals surface area (Å²) in [5, 5.41) is 18.2. The third kappa shape index (κ3) is 5.22. The van der Waals surface area contributed by atoms with E-state index < -0.39 is 0 Å². The van der Waals surface area contributed by atoms with Gasteiger partial charge in [-0.1, -0.05) is 11.8 Å². The average molecular weight is 401 g/mol. The first-order valence-corrected chi connectivity index (χ1v) is 10.7. The molecule has 1 amide bonds. The Morgan fingerprint density at radius 3 is 3.11 bits per heavy atom. The van der Waals surface area contributed by atoms with Crippen LogP contribution in [0.15, 0.2) is 17.6 Å². The van der Waals surface area contributed by atoms with E-state index in [0.29, 0.717) is 18.0 Å². The maximum atomic E-state index is 12.5. The van der Waals surface area contributed by atoms with Gasteiger partial charge in [0, 0.05) is 47.7 Å². The summed E-state index contributed by atoms with van der Waals surface area (Å²) >= 11 is 1.71. The van der Waals surface area contributed by atoms with Crippen molar-refractivity contribution >= 4 is 17.2 Å². The second-order valence-corrected chi connectivity index (χ2v) is 8.17. The molecule has 1 fully saturated rings. The smallest absolute Gasteiger partial charge is 0.254 e. The summed E-state index contributed by atoms with van der Waals surface area (Å²) in [4.78, 5) is 16.2. The number of likely N-dealkylation sites (tertiary alicyclic amines) is 1. The van der Waals surface area contributed by atoms with Crippen molar-refractivity contribution < 1.29 is 9.90 Å². The van der Waals surface area contributed by atoms with Gasteiger partial charge < -0.3 is 10.4 Å². The highest BCUT2D eigenvalue weighted by Crippen LogP contribution is 2.21. The van der Waals surface area contributed by atoms with E-state index in [2.05, 4.69) is 33.2 Å². The van der Waals surface area contributed by atoms with Crippen LogP contribution in [0.3, 0.4) is 0 Å². The van der Waals surface area contributed by atoms with Gasteiger partial charge in [0.25, 0.3) is 5.91 Å². The molecule has 1 atom stereocenters. The van der Waals surface area contributed by atoms with Crippen LogP contribution in [0.25, 0.3) is 0 Å². The van der Waals surface area contributed by atoms with Crippen LogP contribution in [-0.2, 0) is 13.1 Å². The lowest BCUT2D eigenvalue weighted by Crippen LogP contribution is -2.40. The topological polar surface area (TPSA) is 70.4 Å². The number of aliphatic hydroxyl groups excluding tert-OH is 1. The fourth-order valence-corrected chi connectivity index (χ4v) is 4.53. The van der Waals surface area contributed by atoms with Crippen molar-refractivity contribution in [3.8, 4) is 11.8 Å². The number of carbonyl (C=O) groups excluding carboxylic acids is 1. The number of rotatable bonds is 6. The Kier molecular flexibility index (Phi) is 7.26. The van der Waals surface area contributed by atoms with Crippen LogP contribution in [-0.4, -0.2) is 51.9 Å². The first-order chi connectivity index (χ1) is 13.6. The van der Waals surface area contributed by atoms with E-state index in [1.54, 1.807) is 17.5 Å². The summed E-state index contributed by atoms with van der Waals surface area (Å²) in [6.45, 7) is 8.31. The number of carbonyl (C=O) groups is 1. The zero-order valence-electron chi connectivity index (χ0n) is 16.6. The molecule has 1 aliphatic heterocycles. The molecule has 28 heavy (non-hydrogen) atoms. The van der Waals surface area contributed by atoms with Crippen LogP contribution < -0.4 is 5.32 Å². The first-order valence-electron chi connectivity index (χ1n) is 9.80. The second-order valence-electron chi connectivity index (χ2n) is 7.17. The van der Waals surface area contributed by atoms with Gasteiger partial charge in [0.15, 0.2) is 0 Å². The van der Waals surface area contributed by atoms with E-state index >= 15 is 0 Å². The zero-order valence-corrected chi connectivity index (χ0v) is 17.4. The summed E-state index contributed by atoms with van der Waals surface area (Å²) in [6, 6.07) is 2.10. The van der Waals surface area contributed by atoms with Gasteiger partial charge in [0.1, 0.15) is 6.61 Å². The van der Waals surface area contributed by atoms with Gasteiger partial charge in [-0.3, -0.25) is 14.4 Å². The number of hydrogen-bond acceptors (Lipinski definition) is 5. The Morgan fingerprint density at radius 1 is 1.50 bits per heavy atom. The van der Waals surface area contributed by atoms with Crippen LogP contribution in [0.5, 0.6) is 0 Å². The Labute approximate surface area is 170 Å². The van der Waals surface area contributed by atoms with Crippen molar-refractivity contribution in [3.63, 3.8) is 0 Å². The number of hydrogen-bond donors (Lipinski definition) is 2. The van der Waals surface area contributed by atoms with Crippen LogP contribution in [0.4, 0.5) is 0 Å². The summed E-state index contributed by atoms with van der Waals surface area (Å²) in [5.41, 5.74) is 2.56. The van der Waals surface area contributed by atoms with E-state index in [1.165, 1.54) is 4.88 Å². The Balaban J connectivity index is 1.50. The summed E-state index contributed by atoms with van der Waals surface area (Å²) in [6.07, 6.45) is 3.95. The number of nitrogens with one attached hydrogen (secondary N) is 1. The molecule has 0 aromatic carbocycles. The average Bonchev–Trinajstić information content (AvgIpc) is 3.30. The lowest BCUT2D eigenvalue weighted by molar-refractivity contribution is 0.0930. The molecule has 2 aromatic heterocycles. The van der Waals surface area contributed by atoms with E-state index in [4.69, 9.17) is 5.11 Å². The molecule has 6 nitrogen and oxygen atoms in total. The van der Waals surface area contributed by atoms with Gasteiger partial charge >= 0.3 is 0 Å². The summed E-state index contributed by atoms with van der Waals surface area (Å²) in [7, 11) is 0. The minimum atomic E-state index is -0.108. The molecular weight excluding hydrogens is 372 g/mol.